The molecule has 2 aromatic rings. The molecule has 0 aliphatic carbocycles. The maximum Gasteiger partial charge on any atom is 0.318 e. The Bertz CT molecular complexity index is 545. The van der Waals surface area contributed by atoms with Crippen molar-refractivity contribution >= 4 is 22.9 Å². The highest BCUT2D eigenvalue weighted by Crippen LogP contribution is 2.14. The third kappa shape index (κ3) is 2.80. The molecule has 0 aliphatic rings. The smallest absolute Gasteiger partial charge is 0.318 e. The van der Waals surface area contributed by atoms with Crippen molar-refractivity contribution in [3.63, 3.8) is 0 Å². The molecule has 0 unspecified atom stereocenters. The number of hydrogen-bond acceptors (Lipinski definition) is 6. The highest BCUT2D eigenvalue weighted by atomic mass is 32.1. The van der Waals surface area contributed by atoms with E-state index in [1.54, 1.807) is 12.1 Å². The van der Waals surface area contributed by atoms with E-state index in [9.17, 15) is 9.18 Å². The highest BCUT2D eigenvalue weighted by molar-refractivity contribution is 7.12. The fraction of sp³-hybridized carbons (Fsp3) is 0.182. The van der Waals surface area contributed by atoms with Gasteiger partial charge in [-0.1, -0.05) is 6.07 Å². The van der Waals surface area contributed by atoms with Crippen LogP contribution in [0, 0.1) is 5.82 Å². The van der Waals surface area contributed by atoms with Crippen LogP contribution in [0.1, 0.15) is 9.67 Å². The Balaban J connectivity index is 2.04. The third-order valence-electron chi connectivity index (χ3n) is 2.12. The molecule has 0 fully saturated rings. The molecule has 0 saturated heterocycles. The zero-order valence-electron chi connectivity index (χ0n) is 9.51. The van der Waals surface area contributed by atoms with Crippen LogP contribution in [0.25, 0.3) is 0 Å². The highest BCUT2D eigenvalue weighted by Gasteiger charge is 2.10. The molecule has 0 spiro atoms. The quantitative estimate of drug-likeness (QED) is 0.839. The Labute approximate surface area is 107 Å². The Kier molecular flexibility index (Phi) is 3.83. The van der Waals surface area contributed by atoms with Crippen LogP contribution in [0.15, 0.2) is 23.7 Å². The zero-order valence-corrected chi connectivity index (χ0v) is 10.3. The van der Waals surface area contributed by atoms with Gasteiger partial charge in [0, 0.05) is 0 Å². The van der Waals surface area contributed by atoms with Gasteiger partial charge in [-0.3, -0.25) is 4.79 Å². The molecule has 7 heteroatoms. The predicted molar refractivity (Wildman–Crippen MR) is 65.7 cm³/mol. The van der Waals surface area contributed by atoms with Crippen LogP contribution in [-0.2, 0) is 0 Å². The number of carbonyl (C=O) groups excluding carboxylic acids is 1. The number of ketones is 1. The molecule has 2 heterocycles. The van der Waals surface area contributed by atoms with Crippen LogP contribution in [0.4, 0.5) is 10.2 Å². The van der Waals surface area contributed by atoms with Crippen molar-refractivity contribution in [2.45, 2.75) is 0 Å². The van der Waals surface area contributed by atoms with Crippen molar-refractivity contribution in [3.8, 4) is 6.01 Å². The standard InChI is InChI=1S/C11H10FN3O2S/c1-17-11-14-5-7(12)10(15-11)13-6-8(16)9-3-2-4-18-9/h2-5H,6H2,1H3,(H,13,14,15). The molecule has 0 saturated carbocycles. The van der Waals surface area contributed by atoms with Gasteiger partial charge in [0.1, 0.15) is 0 Å². The summed E-state index contributed by atoms with van der Waals surface area (Å²) in [6.07, 6.45) is 0.990. The largest absolute Gasteiger partial charge is 0.467 e. The van der Waals surface area contributed by atoms with Gasteiger partial charge in [-0.2, -0.15) is 4.98 Å². The summed E-state index contributed by atoms with van der Waals surface area (Å²) in [5.41, 5.74) is 0. The topological polar surface area (TPSA) is 64.1 Å². The average molecular weight is 267 g/mol. The van der Waals surface area contributed by atoms with Gasteiger partial charge in [-0.05, 0) is 11.4 Å². The van der Waals surface area contributed by atoms with E-state index in [-0.39, 0.29) is 24.2 Å². The van der Waals surface area contributed by atoms with E-state index in [1.165, 1.54) is 18.4 Å². The molecule has 18 heavy (non-hydrogen) atoms. The second-order valence-corrected chi connectivity index (χ2v) is 4.25. The molecule has 0 amide bonds. The zero-order chi connectivity index (χ0) is 13.0. The van der Waals surface area contributed by atoms with E-state index in [0.29, 0.717) is 4.88 Å². The number of aromatic nitrogens is 2. The Morgan fingerprint density at radius 2 is 2.44 bits per heavy atom. The summed E-state index contributed by atoms with van der Waals surface area (Å²) in [6, 6.07) is 3.54. The van der Waals surface area contributed by atoms with E-state index in [2.05, 4.69) is 15.3 Å². The van der Waals surface area contributed by atoms with E-state index in [0.717, 1.165) is 6.20 Å². The fourth-order valence-electron chi connectivity index (χ4n) is 1.26. The van der Waals surface area contributed by atoms with E-state index >= 15 is 0 Å². The van der Waals surface area contributed by atoms with Crippen molar-refractivity contribution < 1.29 is 13.9 Å². The third-order valence-corrected chi connectivity index (χ3v) is 3.03. The van der Waals surface area contributed by atoms with Crippen LogP contribution >= 0.6 is 11.3 Å². The summed E-state index contributed by atoms with van der Waals surface area (Å²) in [5, 5.41) is 4.43. The summed E-state index contributed by atoms with van der Waals surface area (Å²) in [7, 11) is 1.38. The first-order valence-corrected chi connectivity index (χ1v) is 5.96. The molecule has 0 aliphatic heterocycles. The fourth-order valence-corrected chi connectivity index (χ4v) is 1.93. The van der Waals surface area contributed by atoms with E-state index in [4.69, 9.17) is 4.74 Å². The number of hydrogen-bond donors (Lipinski definition) is 1. The Morgan fingerprint density at radius 3 is 3.11 bits per heavy atom. The minimum Gasteiger partial charge on any atom is -0.467 e. The first kappa shape index (κ1) is 12.4. The van der Waals surface area contributed by atoms with E-state index in [1.807, 2.05) is 5.38 Å². The van der Waals surface area contributed by atoms with Gasteiger partial charge in [-0.25, -0.2) is 9.37 Å². The normalized spacial score (nSPS) is 10.1. The molecule has 0 radical (unpaired) electrons. The maximum absolute atomic E-state index is 13.3. The number of methoxy groups -OCH3 is 1. The molecule has 5 nitrogen and oxygen atoms in total. The Hall–Kier alpha value is -2.02. The van der Waals surface area contributed by atoms with Crippen molar-refractivity contribution in [2.24, 2.45) is 0 Å². The summed E-state index contributed by atoms with van der Waals surface area (Å²) >= 11 is 1.34. The molecular formula is C11H10FN3O2S. The van der Waals surface area contributed by atoms with Crippen LogP contribution in [-0.4, -0.2) is 29.4 Å². The van der Waals surface area contributed by atoms with Gasteiger partial charge in [0.2, 0.25) is 0 Å². The van der Waals surface area contributed by atoms with Crippen molar-refractivity contribution in [3.05, 3.63) is 34.4 Å². The molecule has 2 aromatic heterocycles. The molecule has 1 N–H and O–H groups in total. The predicted octanol–water partition coefficient (Wildman–Crippen LogP) is 1.98. The summed E-state index contributed by atoms with van der Waals surface area (Å²) < 4.78 is 18.1. The lowest BCUT2D eigenvalue weighted by Gasteiger charge is -2.06. The number of thiophene rings is 1. The van der Waals surface area contributed by atoms with Gasteiger partial charge in [0.25, 0.3) is 0 Å². The lowest BCUT2D eigenvalue weighted by Crippen LogP contribution is -2.15. The number of nitrogens with zero attached hydrogens (tertiary/aromatic N) is 2. The first-order valence-electron chi connectivity index (χ1n) is 5.08. The molecule has 2 rings (SSSR count). The summed E-state index contributed by atoms with van der Waals surface area (Å²) in [4.78, 5) is 19.7. The van der Waals surface area contributed by atoms with Crippen LogP contribution < -0.4 is 10.1 Å². The lowest BCUT2D eigenvalue weighted by molar-refractivity contribution is 0.101. The number of ether oxygens (including phenoxy) is 1. The molecule has 0 atom stereocenters. The minimum absolute atomic E-state index is 0.0302. The molecule has 0 aromatic carbocycles. The minimum atomic E-state index is -0.630. The summed E-state index contributed by atoms with van der Waals surface area (Å²) in [5.74, 6) is -0.802. The SMILES string of the molecule is COc1ncc(F)c(NCC(=O)c2cccs2)n1. The van der Waals surface area contributed by atoms with Gasteiger partial charge < -0.3 is 10.1 Å². The van der Waals surface area contributed by atoms with Gasteiger partial charge in [0.15, 0.2) is 17.4 Å². The number of halogens is 1. The second kappa shape index (κ2) is 5.54. The van der Waals surface area contributed by atoms with Crippen LogP contribution in [0.3, 0.4) is 0 Å². The van der Waals surface area contributed by atoms with Crippen molar-refractivity contribution in [2.75, 3.05) is 19.0 Å². The number of rotatable bonds is 5. The number of anilines is 1. The lowest BCUT2D eigenvalue weighted by atomic mass is 10.3. The molecule has 0 bridgehead atoms. The van der Waals surface area contributed by atoms with Gasteiger partial charge in [0.05, 0.1) is 24.7 Å². The first-order chi connectivity index (χ1) is 8.70. The van der Waals surface area contributed by atoms with Crippen LogP contribution in [0.2, 0.25) is 0 Å². The van der Waals surface area contributed by atoms with Gasteiger partial charge in [-0.15, -0.1) is 11.3 Å². The number of nitrogens with one attached hydrogen (secondary N) is 1. The van der Waals surface area contributed by atoms with Crippen LogP contribution in [0.5, 0.6) is 6.01 Å². The number of carbonyl (C=O) groups is 1. The van der Waals surface area contributed by atoms with Crippen molar-refractivity contribution in [1.82, 2.24) is 9.97 Å². The molecular weight excluding hydrogens is 257 g/mol. The Morgan fingerprint density at radius 1 is 1.61 bits per heavy atom. The monoisotopic (exact) mass is 267 g/mol. The second-order valence-electron chi connectivity index (χ2n) is 3.31. The average Bonchev–Trinajstić information content (AvgIpc) is 2.91. The molecule has 94 valence electrons. The van der Waals surface area contributed by atoms with Crippen molar-refractivity contribution in [1.29, 1.82) is 0 Å². The summed E-state index contributed by atoms with van der Waals surface area (Å²) in [6.45, 7) is -0.0302. The number of Topliss-reactive ketones (excluding diaryl/α,β-unsaturated/α-hetero) is 1. The van der Waals surface area contributed by atoms with E-state index < -0.39 is 5.82 Å². The van der Waals surface area contributed by atoms with Gasteiger partial charge >= 0.3 is 6.01 Å². The maximum atomic E-state index is 13.3.